The van der Waals surface area contributed by atoms with Gasteiger partial charge in [0, 0.05) is 10.6 Å². The van der Waals surface area contributed by atoms with Crippen molar-refractivity contribution in [1.82, 2.24) is 0 Å². The van der Waals surface area contributed by atoms with Crippen molar-refractivity contribution in [1.29, 1.82) is 0 Å². The van der Waals surface area contributed by atoms with Crippen LogP contribution in [0.2, 0.25) is 0 Å². The second kappa shape index (κ2) is 8.89. The van der Waals surface area contributed by atoms with Crippen molar-refractivity contribution in [3.63, 3.8) is 0 Å². The van der Waals surface area contributed by atoms with Crippen LogP contribution in [-0.4, -0.2) is 0 Å². The largest absolute Gasteiger partial charge is 0.354 e. The summed E-state index contributed by atoms with van der Waals surface area (Å²) in [5, 5.41) is 3.73. The molecule has 0 bridgehead atoms. The molecule has 158 valence electrons. The van der Waals surface area contributed by atoms with Gasteiger partial charge in [-0.05, 0) is 58.1 Å². The minimum Gasteiger partial charge on any atom is -0.354 e. The molecule has 0 saturated carbocycles. The van der Waals surface area contributed by atoms with E-state index in [4.69, 9.17) is 12.6 Å². The number of benzene rings is 3. The van der Waals surface area contributed by atoms with Gasteiger partial charge in [-0.3, -0.25) is 0 Å². The zero-order chi connectivity index (χ0) is 21.9. The van der Waals surface area contributed by atoms with E-state index in [1.807, 2.05) is 0 Å². The quantitative estimate of drug-likeness (QED) is 0.400. The fourth-order valence-corrected chi connectivity index (χ4v) is 4.18. The summed E-state index contributed by atoms with van der Waals surface area (Å²) in [6.07, 6.45) is 2.03. The number of hydrogen-bond donors (Lipinski definition) is 2. The van der Waals surface area contributed by atoms with Gasteiger partial charge < -0.3 is 5.32 Å². The number of anilines is 2. The highest BCUT2D eigenvalue weighted by Gasteiger charge is 2.24. The molecule has 3 aromatic rings. The predicted octanol–water partition coefficient (Wildman–Crippen LogP) is 8.10. The molecule has 0 aromatic heterocycles. The average Bonchev–Trinajstić information content (AvgIpc) is 2.68. The fourth-order valence-electron chi connectivity index (χ4n) is 3.66. The first-order chi connectivity index (χ1) is 14.1. The molecule has 3 aromatic carbocycles. The SMILES string of the molecule is CC(C)(C)c1cc(Nc2ccccc2CCc2ccccc2)c(S)c(C(C)(C)C)c1. The van der Waals surface area contributed by atoms with Gasteiger partial charge in [0.2, 0.25) is 0 Å². The summed E-state index contributed by atoms with van der Waals surface area (Å²) in [6, 6.07) is 23.9. The van der Waals surface area contributed by atoms with Crippen molar-refractivity contribution in [3.8, 4) is 0 Å². The van der Waals surface area contributed by atoms with Gasteiger partial charge in [0.1, 0.15) is 0 Å². The lowest BCUT2D eigenvalue weighted by molar-refractivity contribution is 0.560. The Morgan fingerprint density at radius 3 is 1.97 bits per heavy atom. The number of aryl methyl sites for hydroxylation is 2. The van der Waals surface area contributed by atoms with Crippen LogP contribution in [0.3, 0.4) is 0 Å². The van der Waals surface area contributed by atoms with Crippen LogP contribution in [0.4, 0.5) is 11.4 Å². The molecule has 2 heteroatoms. The summed E-state index contributed by atoms with van der Waals surface area (Å²) >= 11 is 4.96. The van der Waals surface area contributed by atoms with Gasteiger partial charge in [-0.1, -0.05) is 96.1 Å². The summed E-state index contributed by atoms with van der Waals surface area (Å²) in [5.41, 5.74) is 7.65. The zero-order valence-corrected chi connectivity index (χ0v) is 20.1. The van der Waals surface area contributed by atoms with E-state index in [1.54, 1.807) is 0 Å². The van der Waals surface area contributed by atoms with Crippen molar-refractivity contribution >= 4 is 24.0 Å². The smallest absolute Gasteiger partial charge is 0.0525 e. The van der Waals surface area contributed by atoms with Crippen LogP contribution in [0.1, 0.15) is 63.8 Å². The molecule has 0 atom stereocenters. The van der Waals surface area contributed by atoms with Gasteiger partial charge in [-0.15, -0.1) is 12.6 Å². The van der Waals surface area contributed by atoms with Crippen molar-refractivity contribution in [2.75, 3.05) is 5.32 Å². The lowest BCUT2D eigenvalue weighted by atomic mass is 9.80. The van der Waals surface area contributed by atoms with E-state index in [0.29, 0.717) is 0 Å². The third-order valence-electron chi connectivity index (χ3n) is 5.60. The van der Waals surface area contributed by atoms with Gasteiger partial charge in [0.05, 0.1) is 5.69 Å². The molecule has 0 fully saturated rings. The molecule has 1 nitrogen and oxygen atoms in total. The first-order valence-corrected chi connectivity index (χ1v) is 11.3. The molecule has 0 aliphatic rings. The molecule has 0 radical (unpaired) electrons. The second-order valence-corrected chi connectivity index (χ2v) is 10.6. The number of thiol groups is 1. The third kappa shape index (κ3) is 5.49. The molecule has 0 unspecified atom stereocenters. The minimum atomic E-state index is 0.0294. The zero-order valence-electron chi connectivity index (χ0n) is 19.2. The van der Waals surface area contributed by atoms with Crippen LogP contribution >= 0.6 is 12.6 Å². The van der Waals surface area contributed by atoms with Gasteiger partial charge in [0.15, 0.2) is 0 Å². The monoisotopic (exact) mass is 417 g/mol. The first-order valence-electron chi connectivity index (χ1n) is 10.8. The standard InChI is InChI=1S/C28H35NS/c1-27(2,3)22-18-23(28(4,5)6)26(30)25(19-22)29-24-15-11-10-14-21(24)17-16-20-12-8-7-9-13-20/h7-15,18-19,29-30H,16-17H2,1-6H3. The second-order valence-electron chi connectivity index (χ2n) is 10.2. The molecule has 1 N–H and O–H groups in total. The van der Waals surface area contributed by atoms with Crippen molar-refractivity contribution < 1.29 is 0 Å². The first kappa shape index (κ1) is 22.5. The van der Waals surface area contributed by atoms with Crippen LogP contribution in [-0.2, 0) is 23.7 Å². The summed E-state index contributed by atoms with van der Waals surface area (Å²) in [6.45, 7) is 13.6. The molecule has 0 amide bonds. The van der Waals surface area contributed by atoms with Gasteiger partial charge in [0.25, 0.3) is 0 Å². The van der Waals surface area contributed by atoms with Crippen molar-refractivity contribution in [2.24, 2.45) is 0 Å². The van der Waals surface area contributed by atoms with Crippen molar-refractivity contribution in [3.05, 3.63) is 89.0 Å². The van der Waals surface area contributed by atoms with Crippen LogP contribution in [0.25, 0.3) is 0 Å². The molecular weight excluding hydrogens is 382 g/mol. The summed E-state index contributed by atoms with van der Waals surface area (Å²) in [5.74, 6) is 0. The Morgan fingerprint density at radius 1 is 0.700 bits per heavy atom. The van der Waals surface area contributed by atoms with Crippen LogP contribution < -0.4 is 5.32 Å². The maximum absolute atomic E-state index is 4.96. The highest BCUT2D eigenvalue weighted by Crippen LogP contribution is 2.39. The number of hydrogen-bond acceptors (Lipinski definition) is 2. The maximum Gasteiger partial charge on any atom is 0.0525 e. The molecule has 30 heavy (non-hydrogen) atoms. The predicted molar refractivity (Wildman–Crippen MR) is 135 cm³/mol. The van der Waals surface area contributed by atoms with Crippen LogP contribution in [0, 0.1) is 0 Å². The highest BCUT2D eigenvalue weighted by molar-refractivity contribution is 7.80. The van der Waals surface area contributed by atoms with E-state index in [2.05, 4.69) is 114 Å². The Balaban J connectivity index is 1.96. The molecule has 0 heterocycles. The lowest BCUT2D eigenvalue weighted by Gasteiger charge is -2.28. The Morgan fingerprint density at radius 2 is 1.33 bits per heavy atom. The molecule has 0 spiro atoms. The van der Waals surface area contributed by atoms with Gasteiger partial charge in [-0.2, -0.15) is 0 Å². The topological polar surface area (TPSA) is 12.0 Å². The lowest BCUT2D eigenvalue weighted by Crippen LogP contribution is -2.18. The molecule has 0 saturated heterocycles. The van der Waals surface area contributed by atoms with Gasteiger partial charge >= 0.3 is 0 Å². The Labute approximate surface area is 188 Å². The van der Waals surface area contributed by atoms with E-state index < -0.39 is 0 Å². The fraction of sp³-hybridized carbons (Fsp3) is 0.357. The van der Waals surface area contributed by atoms with Crippen LogP contribution in [0.15, 0.2) is 71.6 Å². The molecule has 0 aliphatic heterocycles. The maximum atomic E-state index is 4.96. The van der Waals surface area contributed by atoms with E-state index >= 15 is 0 Å². The van der Waals surface area contributed by atoms with Crippen LogP contribution in [0.5, 0.6) is 0 Å². The Bertz CT molecular complexity index is 991. The summed E-state index contributed by atoms with van der Waals surface area (Å²) in [4.78, 5) is 1.04. The summed E-state index contributed by atoms with van der Waals surface area (Å²) < 4.78 is 0. The normalized spacial score (nSPS) is 12.1. The number of nitrogens with one attached hydrogen (secondary N) is 1. The minimum absolute atomic E-state index is 0.0294. The Kier molecular flexibility index (Phi) is 6.67. The molecule has 3 rings (SSSR count). The third-order valence-corrected chi connectivity index (χ3v) is 6.08. The number of rotatable bonds is 5. The van der Waals surface area contributed by atoms with Crippen molar-refractivity contribution in [2.45, 2.75) is 70.1 Å². The molecular formula is C28H35NS. The average molecular weight is 418 g/mol. The summed E-state index contributed by atoms with van der Waals surface area (Å²) in [7, 11) is 0. The van der Waals surface area contributed by atoms with E-state index in [0.717, 1.165) is 29.1 Å². The van der Waals surface area contributed by atoms with E-state index in [-0.39, 0.29) is 10.8 Å². The number of para-hydroxylation sites is 1. The molecule has 0 aliphatic carbocycles. The Hall–Kier alpha value is -2.19. The van der Waals surface area contributed by atoms with E-state index in [9.17, 15) is 0 Å². The van der Waals surface area contributed by atoms with Gasteiger partial charge in [-0.25, -0.2) is 0 Å². The highest BCUT2D eigenvalue weighted by atomic mass is 32.1. The van der Waals surface area contributed by atoms with E-state index in [1.165, 1.54) is 22.3 Å².